The fourth-order valence-corrected chi connectivity index (χ4v) is 0.529. The number of hydrogen-bond donors (Lipinski definition) is 2. The van der Waals surface area contributed by atoms with Gasteiger partial charge in [-0.1, -0.05) is 6.07 Å². The normalized spacial score (nSPS) is 8.20. The first-order chi connectivity index (χ1) is 4.30. The molecule has 0 aliphatic rings. The second-order valence-electron chi connectivity index (χ2n) is 1.63. The molecule has 5 heteroatoms. The Morgan fingerprint density at radius 1 is 1.30 bits per heavy atom. The molecule has 0 atom stereocenters. The van der Waals surface area contributed by atoms with E-state index in [1.807, 2.05) is 0 Å². The van der Waals surface area contributed by atoms with Crippen LogP contribution in [0, 0.1) is 0 Å². The van der Waals surface area contributed by atoms with Gasteiger partial charge in [-0.2, -0.15) is 0 Å². The summed E-state index contributed by atoms with van der Waals surface area (Å²) in [5.41, 5.74) is 0.275. The van der Waals surface area contributed by atoms with E-state index in [1.54, 1.807) is 18.2 Å². The zero-order valence-electron chi connectivity index (χ0n) is 5.14. The van der Waals surface area contributed by atoms with Gasteiger partial charge in [0.2, 0.25) is 0 Å². The number of halogens is 1. The first kappa shape index (κ1) is 9.42. The maximum atomic E-state index is 8.52. The van der Waals surface area contributed by atoms with Gasteiger partial charge >= 0.3 is 7.12 Å². The van der Waals surface area contributed by atoms with Crippen molar-refractivity contribution in [1.82, 2.24) is 4.98 Å². The van der Waals surface area contributed by atoms with Gasteiger partial charge in [-0.05, 0) is 12.1 Å². The molecule has 3 nitrogen and oxygen atoms in total. The number of hydrogen-bond acceptors (Lipinski definition) is 3. The fourth-order valence-electron chi connectivity index (χ4n) is 0.529. The summed E-state index contributed by atoms with van der Waals surface area (Å²) >= 11 is 0. The molecule has 2 N–H and O–H groups in total. The van der Waals surface area contributed by atoms with Crippen LogP contribution in [0.15, 0.2) is 24.4 Å². The van der Waals surface area contributed by atoms with Gasteiger partial charge in [0, 0.05) is 6.20 Å². The van der Waals surface area contributed by atoms with Crippen molar-refractivity contribution in [3.8, 4) is 0 Å². The van der Waals surface area contributed by atoms with Crippen LogP contribution in [0.1, 0.15) is 0 Å². The van der Waals surface area contributed by atoms with Crippen LogP contribution >= 0.6 is 12.4 Å². The third kappa shape index (κ3) is 2.35. The van der Waals surface area contributed by atoms with E-state index in [0.29, 0.717) is 0 Å². The van der Waals surface area contributed by atoms with E-state index in [9.17, 15) is 0 Å². The van der Waals surface area contributed by atoms with Gasteiger partial charge in [0.15, 0.2) is 0 Å². The lowest BCUT2D eigenvalue weighted by Gasteiger charge is -1.93. The van der Waals surface area contributed by atoms with Crippen molar-refractivity contribution >= 4 is 25.1 Å². The highest BCUT2D eigenvalue weighted by Crippen LogP contribution is 1.76. The van der Waals surface area contributed by atoms with Crippen molar-refractivity contribution in [1.29, 1.82) is 0 Å². The average molecular weight is 159 g/mol. The van der Waals surface area contributed by atoms with Crippen molar-refractivity contribution in [3.05, 3.63) is 24.4 Å². The number of pyridine rings is 1. The van der Waals surface area contributed by atoms with Crippen LogP contribution in [-0.2, 0) is 0 Å². The van der Waals surface area contributed by atoms with Crippen LogP contribution in [0.2, 0.25) is 0 Å². The molecule has 0 bridgehead atoms. The highest BCUT2D eigenvalue weighted by atomic mass is 35.5. The standard InChI is InChI=1S/C5H6BNO2.ClH/c8-6(9)5-3-1-2-4-7-5;/h1-4,8-9H;1H. The van der Waals surface area contributed by atoms with Gasteiger partial charge in [-0.15, -0.1) is 12.4 Å². The molecule has 0 amide bonds. The van der Waals surface area contributed by atoms with Crippen molar-refractivity contribution in [3.63, 3.8) is 0 Å². The summed E-state index contributed by atoms with van der Waals surface area (Å²) in [6, 6.07) is 4.96. The van der Waals surface area contributed by atoms with Crippen molar-refractivity contribution in [2.45, 2.75) is 0 Å². The van der Waals surface area contributed by atoms with Gasteiger partial charge < -0.3 is 10.0 Å². The van der Waals surface area contributed by atoms with Crippen LogP contribution < -0.4 is 5.59 Å². The molecule has 0 aliphatic heterocycles. The largest absolute Gasteiger partial charge is 0.508 e. The second kappa shape index (κ2) is 4.27. The van der Waals surface area contributed by atoms with E-state index in [2.05, 4.69) is 4.98 Å². The smallest absolute Gasteiger partial charge is 0.422 e. The third-order valence-corrected chi connectivity index (χ3v) is 0.952. The van der Waals surface area contributed by atoms with Gasteiger partial charge in [0.1, 0.15) is 0 Å². The lowest BCUT2D eigenvalue weighted by atomic mass is 9.86. The van der Waals surface area contributed by atoms with Crippen LogP contribution in [-0.4, -0.2) is 22.2 Å². The highest BCUT2D eigenvalue weighted by Gasteiger charge is 2.09. The molecule has 0 fully saturated rings. The van der Waals surface area contributed by atoms with Crippen LogP contribution in [0.3, 0.4) is 0 Å². The summed E-state index contributed by atoms with van der Waals surface area (Å²) in [5.74, 6) is 0. The van der Waals surface area contributed by atoms with E-state index in [1.165, 1.54) is 6.20 Å². The van der Waals surface area contributed by atoms with Crippen LogP contribution in [0.25, 0.3) is 0 Å². The van der Waals surface area contributed by atoms with E-state index in [0.717, 1.165) is 0 Å². The van der Waals surface area contributed by atoms with Crippen molar-refractivity contribution in [2.75, 3.05) is 0 Å². The monoisotopic (exact) mass is 159 g/mol. The molecule has 1 aromatic rings. The Kier molecular flexibility index (Phi) is 4.03. The maximum Gasteiger partial charge on any atom is 0.508 e. The molecule has 1 heterocycles. The summed E-state index contributed by atoms with van der Waals surface area (Å²) < 4.78 is 0. The molecule has 0 aliphatic carbocycles. The van der Waals surface area contributed by atoms with E-state index >= 15 is 0 Å². The Balaban J connectivity index is 0.000000810. The van der Waals surface area contributed by atoms with Crippen molar-refractivity contribution < 1.29 is 10.0 Å². The average Bonchev–Trinajstić information content (AvgIpc) is 1.90. The Bertz CT molecular complexity index is 182. The first-order valence-electron chi connectivity index (χ1n) is 2.58. The fraction of sp³-hybridized carbons (Fsp3) is 0. The molecule has 0 spiro atoms. The predicted octanol–water partition coefficient (Wildman–Crippen LogP) is -0.817. The molecule has 1 aromatic heterocycles. The summed E-state index contributed by atoms with van der Waals surface area (Å²) in [5, 5.41) is 17.0. The quantitative estimate of drug-likeness (QED) is 0.527. The molecule has 0 radical (unpaired) electrons. The summed E-state index contributed by atoms with van der Waals surface area (Å²) in [4.78, 5) is 3.68. The van der Waals surface area contributed by atoms with Gasteiger partial charge in [0.05, 0.1) is 5.59 Å². The third-order valence-electron chi connectivity index (χ3n) is 0.952. The zero-order chi connectivity index (χ0) is 6.69. The summed E-state index contributed by atoms with van der Waals surface area (Å²) in [6.07, 6.45) is 1.51. The molecule has 0 saturated heterocycles. The first-order valence-corrected chi connectivity index (χ1v) is 2.58. The molecular weight excluding hydrogens is 152 g/mol. The zero-order valence-corrected chi connectivity index (χ0v) is 5.95. The van der Waals surface area contributed by atoms with Gasteiger partial charge in [-0.25, -0.2) is 0 Å². The van der Waals surface area contributed by atoms with E-state index in [-0.39, 0.29) is 18.0 Å². The summed E-state index contributed by atoms with van der Waals surface area (Å²) in [7, 11) is -1.45. The molecular formula is C5H7BClNO2. The summed E-state index contributed by atoms with van der Waals surface area (Å²) in [6.45, 7) is 0. The number of aromatic nitrogens is 1. The molecule has 10 heavy (non-hydrogen) atoms. The lowest BCUT2D eigenvalue weighted by molar-refractivity contribution is 0.424. The van der Waals surface area contributed by atoms with Crippen molar-refractivity contribution in [2.24, 2.45) is 0 Å². The lowest BCUT2D eigenvalue weighted by Crippen LogP contribution is -2.31. The van der Waals surface area contributed by atoms with Crippen LogP contribution in [0.5, 0.6) is 0 Å². The van der Waals surface area contributed by atoms with Gasteiger partial charge in [-0.3, -0.25) is 4.98 Å². The Labute approximate surface area is 65.3 Å². The molecule has 0 unspecified atom stereocenters. The van der Waals surface area contributed by atoms with E-state index < -0.39 is 7.12 Å². The molecule has 54 valence electrons. The maximum absolute atomic E-state index is 8.52. The van der Waals surface area contributed by atoms with Gasteiger partial charge in [0.25, 0.3) is 0 Å². The minimum atomic E-state index is -1.45. The SMILES string of the molecule is Cl.OB(O)c1ccccn1. The molecule has 1 rings (SSSR count). The minimum absolute atomic E-state index is 0. The Hall–Kier alpha value is -0.575. The molecule has 0 saturated carbocycles. The minimum Gasteiger partial charge on any atom is -0.422 e. The van der Waals surface area contributed by atoms with E-state index in [4.69, 9.17) is 10.0 Å². The topological polar surface area (TPSA) is 53.4 Å². The number of rotatable bonds is 1. The van der Waals surface area contributed by atoms with Crippen LogP contribution in [0.4, 0.5) is 0 Å². The number of nitrogens with zero attached hydrogens (tertiary/aromatic N) is 1. The molecule has 0 aromatic carbocycles. The Morgan fingerprint density at radius 3 is 2.30 bits per heavy atom. The predicted molar refractivity (Wildman–Crippen MR) is 41.3 cm³/mol. The second-order valence-corrected chi connectivity index (χ2v) is 1.63. The highest BCUT2D eigenvalue weighted by molar-refractivity contribution is 6.57. The Morgan fingerprint density at radius 2 is 2.00 bits per heavy atom.